The van der Waals surface area contributed by atoms with Crippen LogP contribution in [0.3, 0.4) is 0 Å². The summed E-state index contributed by atoms with van der Waals surface area (Å²) in [6.07, 6.45) is 0.691. The second-order valence-corrected chi connectivity index (χ2v) is 3.99. The van der Waals surface area contributed by atoms with Gasteiger partial charge < -0.3 is 0 Å². The van der Waals surface area contributed by atoms with Gasteiger partial charge in [0.25, 0.3) is 0 Å². The highest BCUT2D eigenvalue weighted by Gasteiger charge is 2.26. The molecule has 0 saturated carbocycles. The number of rotatable bonds is 0. The normalized spacial score (nSPS) is 25.1. The van der Waals surface area contributed by atoms with Gasteiger partial charge in [0.2, 0.25) is 0 Å². The van der Waals surface area contributed by atoms with Gasteiger partial charge in [0.1, 0.15) is 6.07 Å². The minimum Gasteiger partial charge on any atom is -0.269 e. The largest absolute Gasteiger partial charge is 0.269 e. The van der Waals surface area contributed by atoms with E-state index in [-0.39, 0.29) is 11.3 Å². The van der Waals surface area contributed by atoms with Crippen molar-refractivity contribution in [1.29, 1.82) is 10.5 Å². The van der Waals surface area contributed by atoms with Crippen molar-refractivity contribution in [3.05, 3.63) is 0 Å². The first-order chi connectivity index (χ1) is 6.48. The third-order valence-corrected chi connectivity index (χ3v) is 1.96. The number of hydrogen-bond acceptors (Lipinski definition) is 4. The van der Waals surface area contributed by atoms with Gasteiger partial charge in [0.15, 0.2) is 11.8 Å². The highest BCUT2D eigenvalue weighted by Crippen LogP contribution is 2.20. The van der Waals surface area contributed by atoms with Crippen LogP contribution in [-0.2, 0) is 0 Å². The molecule has 1 aliphatic rings. The molecule has 0 unspecified atom stereocenters. The third kappa shape index (κ3) is 2.17. The fourth-order valence-corrected chi connectivity index (χ4v) is 1.56. The van der Waals surface area contributed by atoms with Gasteiger partial charge in [-0.3, -0.25) is 9.98 Å². The number of nitrogens with zero attached hydrogens (tertiary/aromatic N) is 4. The van der Waals surface area contributed by atoms with Gasteiger partial charge in [-0.1, -0.05) is 0 Å². The summed E-state index contributed by atoms with van der Waals surface area (Å²) in [5, 5.41) is 17.7. The SMILES string of the molecule is CC1=N[C@H](C#N)C(C#N)=NC(C)(C)C1. The van der Waals surface area contributed by atoms with E-state index in [9.17, 15) is 0 Å². The van der Waals surface area contributed by atoms with E-state index in [4.69, 9.17) is 10.5 Å². The molecule has 1 heterocycles. The van der Waals surface area contributed by atoms with E-state index in [2.05, 4.69) is 9.98 Å². The van der Waals surface area contributed by atoms with Crippen LogP contribution >= 0.6 is 0 Å². The molecular formula is C10H12N4. The number of hydrogen-bond donors (Lipinski definition) is 0. The van der Waals surface area contributed by atoms with Crippen LogP contribution in [0, 0.1) is 22.7 Å². The molecule has 1 rings (SSSR count). The fraction of sp³-hybridized carbons (Fsp3) is 0.600. The van der Waals surface area contributed by atoms with Crippen LogP contribution in [0.2, 0.25) is 0 Å². The van der Waals surface area contributed by atoms with E-state index in [0.717, 1.165) is 5.71 Å². The molecule has 0 fully saturated rings. The molecule has 72 valence electrons. The highest BCUT2D eigenvalue weighted by atomic mass is 14.9. The third-order valence-electron chi connectivity index (χ3n) is 1.96. The molecule has 14 heavy (non-hydrogen) atoms. The second-order valence-electron chi connectivity index (χ2n) is 3.99. The molecule has 0 radical (unpaired) electrons. The van der Waals surface area contributed by atoms with Crippen LogP contribution < -0.4 is 0 Å². The molecular weight excluding hydrogens is 176 g/mol. The molecule has 1 aliphatic heterocycles. The summed E-state index contributed by atoms with van der Waals surface area (Å²) in [5.74, 6) is 0. The lowest BCUT2D eigenvalue weighted by Gasteiger charge is -2.17. The Kier molecular flexibility index (Phi) is 2.67. The monoisotopic (exact) mass is 188 g/mol. The maximum atomic E-state index is 8.83. The quantitative estimate of drug-likeness (QED) is 0.577. The molecule has 4 nitrogen and oxygen atoms in total. The lowest BCUT2D eigenvalue weighted by atomic mass is 9.99. The zero-order valence-corrected chi connectivity index (χ0v) is 8.57. The van der Waals surface area contributed by atoms with Crippen molar-refractivity contribution in [3.63, 3.8) is 0 Å². The summed E-state index contributed by atoms with van der Waals surface area (Å²) in [5.41, 5.74) is 0.759. The van der Waals surface area contributed by atoms with Gasteiger partial charge in [0.05, 0.1) is 11.6 Å². The van der Waals surface area contributed by atoms with Gasteiger partial charge in [0, 0.05) is 12.1 Å². The van der Waals surface area contributed by atoms with Crippen molar-refractivity contribution in [2.24, 2.45) is 9.98 Å². The smallest absolute Gasteiger partial charge is 0.187 e. The Morgan fingerprint density at radius 3 is 2.57 bits per heavy atom. The first kappa shape index (κ1) is 10.4. The second kappa shape index (κ2) is 3.59. The van der Waals surface area contributed by atoms with Crippen LogP contribution in [0.1, 0.15) is 27.2 Å². The zero-order valence-electron chi connectivity index (χ0n) is 8.57. The molecule has 0 amide bonds. The molecule has 0 aliphatic carbocycles. The van der Waals surface area contributed by atoms with Crippen LogP contribution in [0.5, 0.6) is 0 Å². The van der Waals surface area contributed by atoms with E-state index in [0.29, 0.717) is 6.42 Å². The first-order valence-electron chi connectivity index (χ1n) is 4.41. The van der Waals surface area contributed by atoms with E-state index in [1.54, 1.807) is 0 Å². The molecule has 0 aromatic heterocycles. The summed E-state index contributed by atoms with van der Waals surface area (Å²) in [4.78, 5) is 8.39. The van der Waals surface area contributed by atoms with E-state index >= 15 is 0 Å². The zero-order chi connectivity index (χ0) is 10.8. The predicted octanol–water partition coefficient (Wildman–Crippen LogP) is 1.49. The maximum absolute atomic E-state index is 8.83. The van der Waals surface area contributed by atoms with E-state index in [1.165, 1.54) is 0 Å². The molecule has 0 saturated heterocycles. The van der Waals surface area contributed by atoms with Gasteiger partial charge >= 0.3 is 0 Å². The van der Waals surface area contributed by atoms with Crippen LogP contribution in [0.25, 0.3) is 0 Å². The average Bonchev–Trinajstić information content (AvgIpc) is 2.20. The Bertz CT molecular complexity index is 376. The lowest BCUT2D eigenvalue weighted by molar-refractivity contribution is 0.548. The summed E-state index contributed by atoms with van der Waals surface area (Å²) >= 11 is 0. The summed E-state index contributed by atoms with van der Waals surface area (Å²) in [6.45, 7) is 5.73. The van der Waals surface area contributed by atoms with Crippen molar-refractivity contribution in [1.82, 2.24) is 0 Å². The fourth-order valence-electron chi connectivity index (χ4n) is 1.56. The Labute approximate surface area is 83.6 Å². The first-order valence-corrected chi connectivity index (χ1v) is 4.41. The van der Waals surface area contributed by atoms with Gasteiger partial charge in [-0.15, -0.1) is 0 Å². The molecule has 0 aromatic rings. The van der Waals surface area contributed by atoms with Crippen molar-refractivity contribution in [3.8, 4) is 12.1 Å². The highest BCUT2D eigenvalue weighted by molar-refractivity contribution is 6.06. The van der Waals surface area contributed by atoms with Crippen LogP contribution in [-0.4, -0.2) is 23.0 Å². The minimum absolute atomic E-state index is 0.217. The molecule has 4 heteroatoms. The summed E-state index contributed by atoms with van der Waals surface area (Å²) in [6, 6.07) is 3.19. The molecule has 0 spiro atoms. The Morgan fingerprint density at radius 1 is 1.43 bits per heavy atom. The van der Waals surface area contributed by atoms with Crippen molar-refractivity contribution in [2.75, 3.05) is 0 Å². The number of aliphatic imine (C=N–C) groups is 2. The van der Waals surface area contributed by atoms with Crippen molar-refractivity contribution >= 4 is 11.4 Å². The molecule has 0 N–H and O–H groups in total. The molecule has 1 atom stereocenters. The molecule has 0 bridgehead atoms. The topological polar surface area (TPSA) is 72.3 Å². The van der Waals surface area contributed by atoms with Crippen LogP contribution in [0.15, 0.2) is 9.98 Å². The number of nitriles is 2. The van der Waals surface area contributed by atoms with Gasteiger partial charge in [-0.25, -0.2) is 0 Å². The van der Waals surface area contributed by atoms with Gasteiger partial charge in [-0.2, -0.15) is 10.5 Å². The van der Waals surface area contributed by atoms with Crippen LogP contribution in [0.4, 0.5) is 0 Å². The van der Waals surface area contributed by atoms with Crippen molar-refractivity contribution < 1.29 is 0 Å². The Balaban J connectivity index is 3.20. The van der Waals surface area contributed by atoms with E-state index < -0.39 is 6.04 Å². The predicted molar refractivity (Wildman–Crippen MR) is 54.3 cm³/mol. The lowest BCUT2D eigenvalue weighted by Crippen LogP contribution is -2.21. The summed E-state index contributed by atoms with van der Waals surface area (Å²) < 4.78 is 0. The van der Waals surface area contributed by atoms with Gasteiger partial charge in [-0.05, 0) is 20.8 Å². The summed E-state index contributed by atoms with van der Waals surface area (Å²) in [7, 11) is 0. The standard InChI is InChI=1S/C10H12N4/c1-7-4-10(2,3)14-9(6-12)8(5-11)13-7/h8H,4H2,1-3H3/t8-/m1/s1. The van der Waals surface area contributed by atoms with Crippen molar-refractivity contribution in [2.45, 2.75) is 38.8 Å². The maximum Gasteiger partial charge on any atom is 0.187 e. The van der Waals surface area contributed by atoms with E-state index in [1.807, 2.05) is 32.9 Å². The average molecular weight is 188 g/mol. The minimum atomic E-state index is -0.721. The Morgan fingerprint density at radius 2 is 2.07 bits per heavy atom. The molecule has 0 aromatic carbocycles. The Hall–Kier alpha value is -1.68.